The van der Waals surface area contributed by atoms with Crippen LogP contribution in [0.4, 0.5) is 0 Å². The van der Waals surface area contributed by atoms with Crippen LogP contribution < -0.4 is 5.73 Å². The van der Waals surface area contributed by atoms with E-state index >= 15 is 0 Å². The molecular formula is C16H13ClN2O2S. The first-order chi connectivity index (χ1) is 10.4. The van der Waals surface area contributed by atoms with Crippen molar-refractivity contribution in [2.24, 2.45) is 5.73 Å². The molecular weight excluding hydrogens is 320 g/mol. The molecule has 0 heterocycles. The van der Waals surface area contributed by atoms with Crippen LogP contribution in [0.2, 0.25) is 5.02 Å². The average Bonchev–Trinajstić information content (AvgIpc) is 3.17. The third-order valence-electron chi connectivity index (χ3n) is 4.01. The molecule has 1 fully saturated rings. The van der Waals surface area contributed by atoms with Gasteiger partial charge in [-0.3, -0.25) is 0 Å². The molecule has 1 aliphatic rings. The molecule has 0 aromatic heterocycles. The van der Waals surface area contributed by atoms with Crippen molar-refractivity contribution in [3.8, 4) is 6.07 Å². The summed E-state index contributed by atoms with van der Waals surface area (Å²) >= 11 is 5.85. The minimum atomic E-state index is -3.67. The quantitative estimate of drug-likeness (QED) is 0.936. The summed E-state index contributed by atoms with van der Waals surface area (Å²) in [6, 6.07) is 16.8. The highest BCUT2D eigenvalue weighted by Crippen LogP contribution is 2.55. The van der Waals surface area contributed by atoms with Gasteiger partial charge in [-0.2, -0.15) is 5.26 Å². The molecule has 2 aromatic carbocycles. The minimum absolute atomic E-state index is 0.182. The minimum Gasteiger partial charge on any atom is -0.312 e. The molecule has 0 bridgehead atoms. The second-order valence-corrected chi connectivity index (χ2v) is 7.86. The van der Waals surface area contributed by atoms with Gasteiger partial charge in [0, 0.05) is 10.9 Å². The average molecular weight is 333 g/mol. The summed E-state index contributed by atoms with van der Waals surface area (Å²) < 4.78 is 25.5. The lowest BCUT2D eigenvalue weighted by atomic mass is 10.1. The molecule has 0 spiro atoms. The van der Waals surface area contributed by atoms with E-state index in [0.29, 0.717) is 10.6 Å². The zero-order valence-corrected chi connectivity index (χ0v) is 13.1. The Labute approximate surface area is 134 Å². The van der Waals surface area contributed by atoms with Crippen molar-refractivity contribution in [1.29, 1.82) is 5.26 Å². The van der Waals surface area contributed by atoms with Gasteiger partial charge < -0.3 is 5.73 Å². The van der Waals surface area contributed by atoms with E-state index in [1.807, 2.05) is 6.07 Å². The zero-order valence-electron chi connectivity index (χ0n) is 11.5. The van der Waals surface area contributed by atoms with Crippen LogP contribution in [0, 0.1) is 11.3 Å². The Morgan fingerprint density at radius 3 is 2.23 bits per heavy atom. The fraction of sp³-hybridized carbons (Fsp3) is 0.188. The number of nitriles is 1. The number of rotatable bonds is 3. The van der Waals surface area contributed by atoms with Crippen LogP contribution in [0.5, 0.6) is 0 Å². The van der Waals surface area contributed by atoms with Crippen molar-refractivity contribution in [2.45, 2.75) is 21.6 Å². The number of sulfone groups is 1. The molecule has 22 heavy (non-hydrogen) atoms. The smallest absolute Gasteiger partial charge is 0.184 e. The van der Waals surface area contributed by atoms with Gasteiger partial charge in [0.2, 0.25) is 0 Å². The van der Waals surface area contributed by atoms with Gasteiger partial charge in [-0.25, -0.2) is 8.42 Å². The van der Waals surface area contributed by atoms with Crippen molar-refractivity contribution in [3.63, 3.8) is 0 Å². The van der Waals surface area contributed by atoms with Crippen LogP contribution in [-0.4, -0.2) is 19.2 Å². The molecule has 0 radical (unpaired) electrons. The van der Waals surface area contributed by atoms with E-state index < -0.39 is 26.5 Å². The summed E-state index contributed by atoms with van der Waals surface area (Å²) in [5.41, 5.74) is 5.35. The lowest BCUT2D eigenvalue weighted by molar-refractivity contribution is 0.592. The molecule has 0 aliphatic heterocycles. The lowest BCUT2D eigenvalue weighted by Crippen LogP contribution is -2.29. The standard InChI is InChI=1S/C16H13ClN2O2S/c17-12-8-6-11(7-9-12)14-15(16(14,19)10-18)22(20,21)13-4-2-1-3-5-13/h1-9,14-15H,19H2/t14-,15+,16+/m1/s1. The Kier molecular flexibility index (Phi) is 3.48. The largest absolute Gasteiger partial charge is 0.312 e. The summed E-state index contributed by atoms with van der Waals surface area (Å²) in [6.07, 6.45) is 0. The first-order valence-corrected chi connectivity index (χ1v) is 8.58. The Balaban J connectivity index is 2.04. The van der Waals surface area contributed by atoms with Gasteiger partial charge in [0.25, 0.3) is 0 Å². The van der Waals surface area contributed by atoms with Crippen LogP contribution in [0.15, 0.2) is 59.5 Å². The van der Waals surface area contributed by atoms with Crippen LogP contribution >= 0.6 is 11.6 Å². The van der Waals surface area contributed by atoms with Crippen molar-refractivity contribution in [2.75, 3.05) is 0 Å². The first-order valence-electron chi connectivity index (χ1n) is 6.66. The molecule has 6 heteroatoms. The maximum atomic E-state index is 12.8. The van der Waals surface area contributed by atoms with Gasteiger partial charge in [0.1, 0.15) is 10.8 Å². The third-order valence-corrected chi connectivity index (χ3v) is 6.52. The molecule has 0 amide bonds. The molecule has 2 aromatic rings. The fourth-order valence-corrected chi connectivity index (χ4v) is 5.15. The molecule has 0 unspecified atom stereocenters. The zero-order chi connectivity index (χ0) is 16.0. The summed E-state index contributed by atoms with van der Waals surface area (Å²) in [6.45, 7) is 0. The third kappa shape index (κ3) is 2.20. The predicted octanol–water partition coefficient (Wildman–Crippen LogP) is 2.50. The van der Waals surface area contributed by atoms with Crippen LogP contribution in [0.25, 0.3) is 0 Å². The van der Waals surface area contributed by atoms with E-state index in [2.05, 4.69) is 0 Å². The molecule has 4 nitrogen and oxygen atoms in total. The Morgan fingerprint density at radius 1 is 1.09 bits per heavy atom. The first kappa shape index (κ1) is 15.0. The maximum absolute atomic E-state index is 12.8. The maximum Gasteiger partial charge on any atom is 0.184 e. The summed E-state index contributed by atoms with van der Waals surface area (Å²) in [4.78, 5) is 0.182. The normalized spacial score (nSPS) is 27.1. The highest BCUT2D eigenvalue weighted by Gasteiger charge is 2.70. The lowest BCUT2D eigenvalue weighted by Gasteiger charge is -2.04. The summed E-state index contributed by atoms with van der Waals surface area (Å²) in [7, 11) is -3.67. The van der Waals surface area contributed by atoms with Gasteiger partial charge in [0.05, 0.1) is 11.0 Å². The van der Waals surface area contributed by atoms with Gasteiger partial charge in [-0.15, -0.1) is 0 Å². The molecule has 112 valence electrons. The van der Waals surface area contributed by atoms with Crippen molar-refractivity contribution >= 4 is 21.4 Å². The Bertz CT molecular complexity index is 844. The topological polar surface area (TPSA) is 83.9 Å². The number of halogens is 1. The highest BCUT2D eigenvalue weighted by molar-refractivity contribution is 7.92. The predicted molar refractivity (Wildman–Crippen MR) is 84.1 cm³/mol. The summed E-state index contributed by atoms with van der Waals surface area (Å²) in [5, 5.41) is 8.96. The monoisotopic (exact) mass is 332 g/mol. The Hall–Kier alpha value is -1.87. The number of nitrogens with zero attached hydrogens (tertiary/aromatic N) is 1. The van der Waals surface area contributed by atoms with Crippen LogP contribution in [-0.2, 0) is 9.84 Å². The number of hydrogen-bond acceptors (Lipinski definition) is 4. The van der Waals surface area contributed by atoms with Crippen molar-refractivity contribution in [3.05, 3.63) is 65.2 Å². The van der Waals surface area contributed by atoms with E-state index in [-0.39, 0.29) is 4.90 Å². The van der Waals surface area contributed by atoms with Gasteiger partial charge in [-0.05, 0) is 29.8 Å². The van der Waals surface area contributed by atoms with E-state index in [4.69, 9.17) is 17.3 Å². The van der Waals surface area contributed by atoms with Crippen LogP contribution in [0.3, 0.4) is 0 Å². The van der Waals surface area contributed by atoms with Crippen molar-refractivity contribution in [1.82, 2.24) is 0 Å². The van der Waals surface area contributed by atoms with Gasteiger partial charge >= 0.3 is 0 Å². The molecule has 3 rings (SSSR count). The van der Waals surface area contributed by atoms with E-state index in [9.17, 15) is 13.7 Å². The molecule has 2 N–H and O–H groups in total. The molecule has 1 saturated carbocycles. The van der Waals surface area contributed by atoms with Crippen LogP contribution in [0.1, 0.15) is 11.5 Å². The number of benzene rings is 2. The summed E-state index contributed by atoms with van der Waals surface area (Å²) in [5.74, 6) is -0.556. The molecule has 1 aliphatic carbocycles. The number of nitrogens with two attached hydrogens (primary N) is 1. The van der Waals surface area contributed by atoms with Gasteiger partial charge in [-0.1, -0.05) is 41.9 Å². The van der Waals surface area contributed by atoms with E-state index in [1.165, 1.54) is 12.1 Å². The van der Waals surface area contributed by atoms with E-state index in [0.717, 1.165) is 0 Å². The second-order valence-electron chi connectivity index (χ2n) is 5.35. The van der Waals surface area contributed by atoms with E-state index in [1.54, 1.807) is 42.5 Å². The fourth-order valence-electron chi connectivity index (χ4n) is 2.82. The molecule has 0 saturated heterocycles. The van der Waals surface area contributed by atoms with Gasteiger partial charge in [0.15, 0.2) is 9.84 Å². The molecule has 3 atom stereocenters. The Morgan fingerprint density at radius 2 is 1.68 bits per heavy atom. The number of hydrogen-bond donors (Lipinski definition) is 1. The SMILES string of the molecule is N#C[C@]1(N)[C@H](c2ccc(Cl)cc2)[C@@H]1S(=O)(=O)c1ccccc1. The highest BCUT2D eigenvalue weighted by atomic mass is 35.5. The van der Waals surface area contributed by atoms with Crippen molar-refractivity contribution < 1.29 is 8.42 Å². The second kappa shape index (κ2) is 5.10.